The molecule has 2 rings (SSSR count). The third-order valence-electron chi connectivity index (χ3n) is 4.24. The third kappa shape index (κ3) is 9.89. The van der Waals surface area contributed by atoms with Crippen molar-refractivity contribution in [2.75, 3.05) is 25.6 Å². The zero-order valence-electron chi connectivity index (χ0n) is 17.6. The van der Waals surface area contributed by atoms with E-state index in [1.165, 1.54) is 6.07 Å². The summed E-state index contributed by atoms with van der Waals surface area (Å²) in [6.07, 6.45) is -9.22. The van der Waals surface area contributed by atoms with Crippen LogP contribution in [0.2, 0.25) is 0 Å². The minimum Gasteiger partial charge on any atom is -0.394 e. The highest BCUT2D eigenvalue weighted by atomic mass is 31.3. The van der Waals surface area contributed by atoms with Gasteiger partial charge in [0.15, 0.2) is 6.23 Å². The molecule has 12 N–H and O–H groups in total. The molecule has 0 saturated carbocycles. The first-order valence-electron chi connectivity index (χ1n) is 9.39. The normalized spacial score (nSPS) is 26.8. The Bertz CT molecular complexity index is 948. The quantitative estimate of drug-likeness (QED) is 0.120. The summed E-state index contributed by atoms with van der Waals surface area (Å²) in [5, 5.41) is 62.4. The molecule has 1 aliphatic heterocycles. The van der Waals surface area contributed by atoms with Gasteiger partial charge in [0, 0.05) is 6.20 Å². The van der Waals surface area contributed by atoms with Crippen molar-refractivity contribution in [2.45, 2.75) is 42.9 Å². The Morgan fingerprint density at radius 1 is 1.09 bits per heavy atom. The molecule has 1 aromatic rings. The molecule has 0 aliphatic carbocycles. The van der Waals surface area contributed by atoms with Crippen LogP contribution in [0, 0.1) is 0 Å². The van der Waals surface area contributed by atoms with Crippen LogP contribution in [-0.4, -0.2) is 116 Å². The summed E-state index contributed by atoms with van der Waals surface area (Å²) in [6.45, 7) is -2.16. The predicted octanol–water partition coefficient (Wildman–Crippen LogP) is -5.28. The zero-order valence-corrected chi connectivity index (χ0v) is 19.4. The first-order valence-corrected chi connectivity index (χ1v) is 12.4. The largest absolute Gasteiger partial charge is 0.481 e. The van der Waals surface area contributed by atoms with E-state index in [0.717, 1.165) is 10.8 Å². The van der Waals surface area contributed by atoms with Gasteiger partial charge in [0.05, 0.1) is 19.8 Å². The molecule has 0 spiro atoms. The van der Waals surface area contributed by atoms with Crippen LogP contribution in [0.25, 0.3) is 0 Å². The number of aliphatic hydroxyl groups excluding tert-OH is 7. The van der Waals surface area contributed by atoms with E-state index in [-0.39, 0.29) is 5.82 Å². The molecule has 19 nitrogen and oxygen atoms in total. The Labute approximate surface area is 196 Å². The van der Waals surface area contributed by atoms with Gasteiger partial charge < -0.3 is 60.9 Å². The van der Waals surface area contributed by atoms with Crippen molar-refractivity contribution in [2.24, 2.45) is 0 Å². The number of rotatable bonds is 10. The van der Waals surface area contributed by atoms with Gasteiger partial charge in [-0.2, -0.15) is 9.29 Å². The van der Waals surface area contributed by atoms with Gasteiger partial charge >= 0.3 is 21.3 Å². The molecular formula is C14H27N3O16P2. The Kier molecular flexibility index (Phi) is 12.0. The number of hydrogen-bond acceptors (Lipinski definition) is 15. The molecule has 21 heteroatoms. The summed E-state index contributed by atoms with van der Waals surface area (Å²) < 4.78 is 35.8. The van der Waals surface area contributed by atoms with E-state index in [9.17, 15) is 24.1 Å². The van der Waals surface area contributed by atoms with Crippen LogP contribution in [0.1, 0.15) is 6.23 Å². The summed E-state index contributed by atoms with van der Waals surface area (Å²) >= 11 is 0. The Morgan fingerprint density at radius 3 is 2.09 bits per heavy atom. The van der Waals surface area contributed by atoms with E-state index in [1.54, 1.807) is 0 Å². The molecule has 8 atom stereocenters. The van der Waals surface area contributed by atoms with Crippen LogP contribution >= 0.6 is 15.6 Å². The van der Waals surface area contributed by atoms with Gasteiger partial charge in [-0.3, -0.25) is 9.09 Å². The van der Waals surface area contributed by atoms with Crippen LogP contribution in [-0.2, 0) is 22.7 Å². The highest BCUT2D eigenvalue weighted by Crippen LogP contribution is 2.57. The Morgan fingerprint density at radius 2 is 1.63 bits per heavy atom. The minimum absolute atomic E-state index is 0.0787. The molecule has 0 radical (unpaired) electrons. The predicted molar refractivity (Wildman–Crippen MR) is 110 cm³/mol. The second-order valence-electron chi connectivity index (χ2n) is 6.92. The maximum absolute atomic E-state index is 11.7. The second-order valence-corrected chi connectivity index (χ2v) is 9.75. The first-order chi connectivity index (χ1) is 16.0. The number of ether oxygens (including phenoxy) is 1. The molecule has 2 heterocycles. The van der Waals surface area contributed by atoms with Crippen molar-refractivity contribution in [3.63, 3.8) is 0 Å². The van der Waals surface area contributed by atoms with Gasteiger partial charge in [0.25, 0.3) is 0 Å². The lowest BCUT2D eigenvalue weighted by molar-refractivity contribution is -0.0900. The fourth-order valence-corrected chi connectivity index (χ4v) is 4.11. The van der Waals surface area contributed by atoms with Crippen molar-refractivity contribution in [3.05, 3.63) is 22.7 Å². The molecule has 204 valence electrons. The van der Waals surface area contributed by atoms with E-state index in [0.29, 0.717) is 0 Å². The zero-order chi connectivity index (χ0) is 27.1. The van der Waals surface area contributed by atoms with E-state index in [2.05, 4.69) is 13.8 Å². The highest BCUT2D eigenvalue weighted by molar-refractivity contribution is 7.60. The number of phosphoric ester groups is 1. The lowest BCUT2D eigenvalue weighted by Crippen LogP contribution is -2.41. The molecule has 1 aliphatic rings. The standard InChI is InChI=1S/C9H15N3O11P2.C5H12O5/c10-5-1-2-12(9(15)11-5)8-7(14)6(13)4(22-8)3-21-25(19,20)23-24(16,17)18;6-1-3(8)5(10)4(9)2-7/h1-2,4,6-8,13-14H,3H2,(H,19,20)(H2,10,11,15)(H2,16,17,18);3-10H,1-2H2/t4-,6-,7-,8+;3-,4+,5?/m1./s1. The average Bonchev–Trinajstić information content (AvgIpc) is 3.03. The molecule has 2 unspecified atom stereocenters. The number of nitrogen functional groups attached to an aromatic ring is 1. The molecule has 0 aromatic carbocycles. The van der Waals surface area contributed by atoms with Crippen LogP contribution in [0.3, 0.4) is 0 Å². The summed E-state index contributed by atoms with van der Waals surface area (Å²) in [6, 6.07) is 1.24. The number of phosphoric acid groups is 2. The molecular weight excluding hydrogens is 528 g/mol. The fraction of sp³-hybridized carbons (Fsp3) is 0.714. The molecule has 35 heavy (non-hydrogen) atoms. The summed E-state index contributed by atoms with van der Waals surface area (Å²) in [7, 11) is -10.5. The van der Waals surface area contributed by atoms with Gasteiger partial charge in [-0.1, -0.05) is 0 Å². The fourth-order valence-electron chi connectivity index (χ4n) is 2.51. The molecule has 1 fully saturated rings. The summed E-state index contributed by atoms with van der Waals surface area (Å²) in [5.74, 6) is -0.0787. The SMILES string of the molecule is Nc1ccn([C@H]2O[C@H](COP(=O)(O)OP(=O)(O)O)[C@@H](O)[C@H]2O)c(=O)n1.OC[C@@H](O)C(O)[C@@H](O)CO. The van der Waals surface area contributed by atoms with E-state index in [4.69, 9.17) is 50.7 Å². The van der Waals surface area contributed by atoms with E-state index < -0.39 is 84.0 Å². The smallest absolute Gasteiger partial charge is 0.394 e. The average molecular weight is 555 g/mol. The Hall–Kier alpha value is -1.38. The number of hydrogen-bond donors (Lipinski definition) is 11. The maximum atomic E-state index is 11.7. The topological polar surface area (TPSA) is 325 Å². The summed E-state index contributed by atoms with van der Waals surface area (Å²) in [4.78, 5) is 41.3. The van der Waals surface area contributed by atoms with Crippen molar-refractivity contribution in [3.8, 4) is 0 Å². The molecule has 1 saturated heterocycles. The van der Waals surface area contributed by atoms with Gasteiger partial charge in [-0.25, -0.2) is 13.9 Å². The third-order valence-corrected chi connectivity index (χ3v) is 6.39. The monoisotopic (exact) mass is 555 g/mol. The van der Waals surface area contributed by atoms with Crippen LogP contribution < -0.4 is 11.4 Å². The van der Waals surface area contributed by atoms with Crippen molar-refractivity contribution < 1.29 is 73.1 Å². The van der Waals surface area contributed by atoms with Gasteiger partial charge in [-0.05, 0) is 6.07 Å². The van der Waals surface area contributed by atoms with Gasteiger partial charge in [0.2, 0.25) is 0 Å². The van der Waals surface area contributed by atoms with Crippen LogP contribution in [0.4, 0.5) is 5.82 Å². The first kappa shape index (κ1) is 31.6. The van der Waals surface area contributed by atoms with Gasteiger partial charge in [0.1, 0.15) is 42.4 Å². The van der Waals surface area contributed by atoms with Gasteiger partial charge in [-0.15, -0.1) is 0 Å². The number of anilines is 1. The van der Waals surface area contributed by atoms with Crippen LogP contribution in [0.15, 0.2) is 17.1 Å². The van der Waals surface area contributed by atoms with E-state index in [1.807, 2.05) is 0 Å². The number of nitrogens with zero attached hydrogens (tertiary/aromatic N) is 2. The molecule has 0 bridgehead atoms. The highest BCUT2D eigenvalue weighted by Gasteiger charge is 2.45. The van der Waals surface area contributed by atoms with Crippen LogP contribution in [0.5, 0.6) is 0 Å². The summed E-state index contributed by atoms with van der Waals surface area (Å²) in [5.41, 5.74) is 4.45. The molecule has 1 aromatic heterocycles. The second kappa shape index (κ2) is 13.2. The minimum atomic E-state index is -5.30. The number of aromatic nitrogens is 2. The number of nitrogens with two attached hydrogens (primary N) is 1. The van der Waals surface area contributed by atoms with Crippen molar-refractivity contribution in [1.29, 1.82) is 0 Å². The lowest BCUT2D eigenvalue weighted by Gasteiger charge is -2.19. The van der Waals surface area contributed by atoms with Crippen molar-refractivity contribution in [1.82, 2.24) is 9.55 Å². The Balaban J connectivity index is 0.000000518. The lowest BCUT2D eigenvalue weighted by atomic mass is 10.1. The maximum Gasteiger partial charge on any atom is 0.481 e. The molecule has 0 amide bonds. The van der Waals surface area contributed by atoms with E-state index >= 15 is 0 Å². The number of aliphatic hydroxyl groups is 7. The van der Waals surface area contributed by atoms with Crippen molar-refractivity contribution >= 4 is 21.5 Å².